The minimum Gasteiger partial charge on any atom is -0.484 e. The monoisotopic (exact) mass is 309 g/mol. The molecule has 0 radical (unpaired) electrons. The van der Waals surface area contributed by atoms with Gasteiger partial charge >= 0.3 is 0 Å². The summed E-state index contributed by atoms with van der Waals surface area (Å²) >= 11 is 3.54. The Morgan fingerprint density at radius 3 is 2.28 bits per heavy atom. The first-order valence-electron chi connectivity index (χ1n) is 5.80. The summed E-state index contributed by atoms with van der Waals surface area (Å²) in [6.45, 7) is 8.28. The summed E-state index contributed by atoms with van der Waals surface area (Å²) in [7, 11) is 0. The van der Waals surface area contributed by atoms with Crippen molar-refractivity contribution in [3.8, 4) is 5.75 Å². The smallest absolute Gasteiger partial charge is 0.232 e. The summed E-state index contributed by atoms with van der Waals surface area (Å²) in [6.07, 6.45) is 0. The van der Waals surface area contributed by atoms with Crippen molar-refractivity contribution in [2.45, 2.75) is 34.3 Å². The van der Waals surface area contributed by atoms with Crippen molar-refractivity contribution in [3.05, 3.63) is 45.1 Å². The molecule has 0 bridgehead atoms. The molecule has 0 aliphatic carbocycles. The van der Waals surface area contributed by atoms with Gasteiger partial charge in [-0.3, -0.25) is 0 Å². The summed E-state index contributed by atoms with van der Waals surface area (Å²) in [5.74, 6) is 2.29. The fourth-order valence-corrected chi connectivity index (χ4v) is 1.96. The third-order valence-electron chi connectivity index (χ3n) is 2.85. The van der Waals surface area contributed by atoms with Gasteiger partial charge in [-0.2, -0.15) is 0 Å². The fraction of sp³-hybridized carbons (Fsp3) is 0.357. The van der Waals surface area contributed by atoms with Gasteiger partial charge in [0.15, 0.2) is 6.61 Å². The fourth-order valence-electron chi connectivity index (χ4n) is 1.74. The van der Waals surface area contributed by atoms with Gasteiger partial charge < -0.3 is 9.15 Å². The Morgan fingerprint density at radius 1 is 1.17 bits per heavy atom. The molecule has 0 saturated carbocycles. The Bertz CT molecular complexity index is 533. The van der Waals surface area contributed by atoms with Gasteiger partial charge in [-0.25, -0.2) is 4.98 Å². The van der Waals surface area contributed by atoms with E-state index >= 15 is 0 Å². The maximum atomic E-state index is 5.70. The molecule has 1 heterocycles. The number of aryl methyl sites for hydroxylation is 4. The summed E-state index contributed by atoms with van der Waals surface area (Å²) < 4.78 is 12.3. The number of rotatable bonds is 3. The van der Waals surface area contributed by atoms with Crippen LogP contribution in [0.15, 0.2) is 21.0 Å². The molecular formula is C14H16BrNO2. The molecule has 1 aromatic carbocycles. The van der Waals surface area contributed by atoms with Crippen molar-refractivity contribution in [2.24, 2.45) is 0 Å². The molecule has 1 aromatic heterocycles. The van der Waals surface area contributed by atoms with E-state index in [9.17, 15) is 0 Å². The van der Waals surface area contributed by atoms with E-state index in [1.807, 2.05) is 39.8 Å². The summed E-state index contributed by atoms with van der Waals surface area (Å²) in [4.78, 5) is 4.29. The molecular weight excluding hydrogens is 294 g/mol. The largest absolute Gasteiger partial charge is 0.484 e. The van der Waals surface area contributed by atoms with E-state index in [0.29, 0.717) is 12.5 Å². The Balaban J connectivity index is 2.11. The summed E-state index contributed by atoms with van der Waals surface area (Å²) in [5, 5.41) is 0. The van der Waals surface area contributed by atoms with Gasteiger partial charge in [0.25, 0.3) is 0 Å². The van der Waals surface area contributed by atoms with Crippen LogP contribution < -0.4 is 4.74 Å². The van der Waals surface area contributed by atoms with Crippen LogP contribution in [-0.4, -0.2) is 4.98 Å². The molecule has 2 aromatic rings. The minimum absolute atomic E-state index is 0.356. The highest BCUT2D eigenvalue weighted by Crippen LogP contribution is 2.26. The molecule has 2 rings (SSSR count). The van der Waals surface area contributed by atoms with Crippen LogP contribution in [0.3, 0.4) is 0 Å². The van der Waals surface area contributed by atoms with Gasteiger partial charge in [-0.1, -0.05) is 15.9 Å². The van der Waals surface area contributed by atoms with Crippen LogP contribution in [-0.2, 0) is 6.61 Å². The minimum atomic E-state index is 0.356. The zero-order valence-electron chi connectivity index (χ0n) is 11.0. The van der Waals surface area contributed by atoms with E-state index in [0.717, 1.165) is 32.8 Å². The van der Waals surface area contributed by atoms with Crippen molar-refractivity contribution in [1.29, 1.82) is 0 Å². The topological polar surface area (TPSA) is 35.3 Å². The van der Waals surface area contributed by atoms with Crippen molar-refractivity contribution >= 4 is 15.9 Å². The van der Waals surface area contributed by atoms with Crippen LogP contribution in [0.5, 0.6) is 5.75 Å². The van der Waals surface area contributed by atoms with E-state index in [-0.39, 0.29) is 0 Å². The third-order valence-corrected chi connectivity index (χ3v) is 4.10. The Hall–Kier alpha value is -1.29. The highest BCUT2D eigenvalue weighted by Gasteiger charge is 2.07. The molecule has 0 aliphatic rings. The number of halogens is 1. The number of benzene rings is 1. The molecule has 96 valence electrons. The zero-order valence-corrected chi connectivity index (χ0v) is 12.6. The number of nitrogens with zero attached hydrogens (tertiary/aromatic N) is 1. The normalized spacial score (nSPS) is 10.7. The van der Waals surface area contributed by atoms with Gasteiger partial charge in [0, 0.05) is 4.47 Å². The van der Waals surface area contributed by atoms with Gasteiger partial charge in [0.1, 0.15) is 11.5 Å². The van der Waals surface area contributed by atoms with E-state index < -0.39 is 0 Å². The third kappa shape index (κ3) is 2.75. The molecule has 3 nitrogen and oxygen atoms in total. The highest BCUT2D eigenvalue weighted by molar-refractivity contribution is 9.10. The van der Waals surface area contributed by atoms with E-state index in [2.05, 4.69) is 20.9 Å². The quantitative estimate of drug-likeness (QED) is 0.850. The van der Waals surface area contributed by atoms with Crippen LogP contribution in [0.25, 0.3) is 0 Å². The maximum absolute atomic E-state index is 5.70. The molecule has 0 atom stereocenters. The van der Waals surface area contributed by atoms with Crippen LogP contribution in [0.4, 0.5) is 0 Å². The first-order chi connectivity index (χ1) is 8.47. The first-order valence-corrected chi connectivity index (χ1v) is 6.59. The lowest BCUT2D eigenvalue weighted by Gasteiger charge is -2.08. The Kier molecular flexibility index (Phi) is 3.76. The van der Waals surface area contributed by atoms with Gasteiger partial charge in [-0.15, -0.1) is 0 Å². The lowest BCUT2D eigenvalue weighted by atomic mass is 10.1. The molecule has 18 heavy (non-hydrogen) atoms. The van der Waals surface area contributed by atoms with E-state index in [4.69, 9.17) is 9.15 Å². The number of ether oxygens (including phenoxy) is 1. The van der Waals surface area contributed by atoms with Crippen LogP contribution in [0, 0.1) is 27.7 Å². The van der Waals surface area contributed by atoms with Crippen molar-refractivity contribution in [1.82, 2.24) is 4.98 Å². The number of oxazole rings is 1. The predicted octanol–water partition coefficient (Wildman–Crippen LogP) is 4.25. The second kappa shape index (κ2) is 5.14. The van der Waals surface area contributed by atoms with Gasteiger partial charge in [0.2, 0.25) is 5.89 Å². The van der Waals surface area contributed by atoms with Crippen molar-refractivity contribution in [3.63, 3.8) is 0 Å². The zero-order chi connectivity index (χ0) is 13.3. The molecule has 0 spiro atoms. The van der Waals surface area contributed by atoms with Crippen LogP contribution in [0.2, 0.25) is 0 Å². The van der Waals surface area contributed by atoms with Crippen LogP contribution >= 0.6 is 15.9 Å². The lowest BCUT2D eigenvalue weighted by Crippen LogP contribution is -1.97. The first kappa shape index (κ1) is 13.1. The van der Waals surface area contributed by atoms with Gasteiger partial charge in [0.05, 0.1) is 5.69 Å². The Morgan fingerprint density at radius 2 is 1.78 bits per heavy atom. The summed E-state index contributed by atoms with van der Waals surface area (Å²) in [6, 6.07) is 4.00. The average molecular weight is 310 g/mol. The Labute approximate surface area is 115 Å². The highest BCUT2D eigenvalue weighted by atomic mass is 79.9. The van der Waals surface area contributed by atoms with Crippen molar-refractivity contribution in [2.75, 3.05) is 0 Å². The second-order valence-corrected chi connectivity index (χ2v) is 5.20. The SMILES string of the molecule is Cc1cc(OCc2nc(C)c(C)o2)cc(C)c1Br. The lowest BCUT2D eigenvalue weighted by molar-refractivity contribution is 0.260. The standard InChI is InChI=1S/C14H16BrNO2/c1-8-5-12(6-9(2)14(8)15)17-7-13-16-10(3)11(4)18-13/h5-6H,7H2,1-4H3. The molecule has 0 unspecified atom stereocenters. The molecule has 0 saturated heterocycles. The summed E-state index contributed by atoms with van der Waals surface area (Å²) in [5.41, 5.74) is 3.23. The molecule has 4 heteroatoms. The average Bonchev–Trinajstić information content (AvgIpc) is 2.63. The van der Waals surface area contributed by atoms with Gasteiger partial charge in [-0.05, 0) is 51.0 Å². The second-order valence-electron chi connectivity index (χ2n) is 4.41. The number of aromatic nitrogens is 1. The molecule has 0 N–H and O–H groups in total. The van der Waals surface area contributed by atoms with E-state index in [1.165, 1.54) is 0 Å². The van der Waals surface area contributed by atoms with E-state index in [1.54, 1.807) is 0 Å². The maximum Gasteiger partial charge on any atom is 0.232 e. The van der Waals surface area contributed by atoms with Crippen molar-refractivity contribution < 1.29 is 9.15 Å². The van der Waals surface area contributed by atoms with Crippen LogP contribution in [0.1, 0.15) is 28.5 Å². The number of hydrogen-bond acceptors (Lipinski definition) is 3. The number of hydrogen-bond donors (Lipinski definition) is 0. The molecule has 0 fully saturated rings. The predicted molar refractivity (Wildman–Crippen MR) is 73.9 cm³/mol. The molecule has 0 amide bonds. The molecule has 0 aliphatic heterocycles.